The highest BCUT2D eigenvalue weighted by atomic mass is 35.5. The first kappa shape index (κ1) is 12.0. The van der Waals surface area contributed by atoms with Gasteiger partial charge in [-0.05, 0) is 18.6 Å². The molecule has 0 aliphatic rings. The van der Waals surface area contributed by atoms with Gasteiger partial charge in [-0.1, -0.05) is 0 Å². The van der Waals surface area contributed by atoms with Crippen LogP contribution in [-0.4, -0.2) is 33.3 Å². The zero-order chi connectivity index (χ0) is 11.4. The van der Waals surface area contributed by atoms with E-state index < -0.39 is 18.2 Å². The van der Waals surface area contributed by atoms with Crippen molar-refractivity contribution in [2.24, 2.45) is 0 Å². The van der Waals surface area contributed by atoms with Gasteiger partial charge in [-0.15, -0.1) is 11.6 Å². The molecule has 6 heteroatoms. The van der Waals surface area contributed by atoms with Crippen LogP contribution in [0.2, 0.25) is 0 Å². The lowest BCUT2D eigenvalue weighted by Gasteiger charge is -2.13. The van der Waals surface area contributed by atoms with Crippen LogP contribution in [0.4, 0.5) is 0 Å². The van der Waals surface area contributed by atoms with E-state index in [1.807, 2.05) is 0 Å². The highest BCUT2D eigenvalue weighted by molar-refractivity contribution is 6.17. The number of hydrogen-bond acceptors (Lipinski definition) is 4. The number of furan rings is 1. The minimum absolute atomic E-state index is 0.0185. The maximum Gasteiger partial charge on any atom is 0.371 e. The molecule has 1 heterocycles. The van der Waals surface area contributed by atoms with Crippen LogP contribution in [-0.2, 0) is 0 Å². The van der Waals surface area contributed by atoms with Gasteiger partial charge in [0.05, 0.1) is 6.10 Å². The minimum atomic E-state index is -1.25. The van der Waals surface area contributed by atoms with Crippen LogP contribution in [0, 0.1) is 0 Å². The Morgan fingerprint density at radius 1 is 1.47 bits per heavy atom. The molecule has 2 unspecified atom stereocenters. The molecule has 1 aromatic rings. The standard InChI is InChI=1S/C9H11ClO5/c10-4-3-5(11)8(12)6-1-2-7(15-6)9(13)14/h1-2,5,8,11-12H,3-4H2,(H,13,14). The van der Waals surface area contributed by atoms with Gasteiger partial charge in [-0.2, -0.15) is 0 Å². The molecule has 0 aliphatic carbocycles. The third-order valence-corrected chi connectivity index (χ3v) is 2.12. The van der Waals surface area contributed by atoms with E-state index in [1.165, 1.54) is 12.1 Å². The molecular formula is C9H11ClO5. The third-order valence-electron chi connectivity index (χ3n) is 1.90. The SMILES string of the molecule is O=C(O)c1ccc(C(O)C(O)CCCl)o1. The molecule has 0 aliphatic heterocycles. The average Bonchev–Trinajstić information content (AvgIpc) is 2.65. The van der Waals surface area contributed by atoms with Crippen LogP contribution < -0.4 is 0 Å². The van der Waals surface area contributed by atoms with E-state index in [0.717, 1.165) is 0 Å². The van der Waals surface area contributed by atoms with Crippen molar-refractivity contribution in [1.29, 1.82) is 0 Å². The van der Waals surface area contributed by atoms with Crippen molar-refractivity contribution in [3.63, 3.8) is 0 Å². The Labute approximate surface area is 90.9 Å². The quantitative estimate of drug-likeness (QED) is 0.661. The van der Waals surface area contributed by atoms with Crippen LogP contribution >= 0.6 is 11.6 Å². The maximum absolute atomic E-state index is 10.5. The summed E-state index contributed by atoms with van der Waals surface area (Å²) in [6.45, 7) is 0. The van der Waals surface area contributed by atoms with Gasteiger partial charge in [0, 0.05) is 5.88 Å². The fourth-order valence-electron chi connectivity index (χ4n) is 1.09. The summed E-state index contributed by atoms with van der Waals surface area (Å²) < 4.78 is 4.82. The molecular weight excluding hydrogens is 224 g/mol. The van der Waals surface area contributed by atoms with Gasteiger partial charge in [0.25, 0.3) is 0 Å². The normalized spacial score (nSPS) is 14.9. The molecule has 84 valence electrons. The van der Waals surface area contributed by atoms with Gasteiger partial charge in [-0.3, -0.25) is 0 Å². The summed E-state index contributed by atoms with van der Waals surface area (Å²) in [4.78, 5) is 10.5. The van der Waals surface area contributed by atoms with Crippen LogP contribution in [0.15, 0.2) is 16.5 Å². The van der Waals surface area contributed by atoms with Crippen molar-refractivity contribution in [2.45, 2.75) is 18.6 Å². The number of rotatable bonds is 5. The number of aliphatic hydroxyl groups is 2. The van der Waals surface area contributed by atoms with Crippen molar-refractivity contribution in [3.05, 3.63) is 23.7 Å². The van der Waals surface area contributed by atoms with E-state index in [9.17, 15) is 15.0 Å². The summed E-state index contributed by atoms with van der Waals surface area (Å²) in [6, 6.07) is 2.53. The molecule has 15 heavy (non-hydrogen) atoms. The molecule has 0 aromatic carbocycles. The van der Waals surface area contributed by atoms with E-state index in [0.29, 0.717) is 0 Å². The lowest BCUT2D eigenvalue weighted by Crippen LogP contribution is -2.18. The number of hydrogen-bond donors (Lipinski definition) is 3. The van der Waals surface area contributed by atoms with Crippen LogP contribution in [0.3, 0.4) is 0 Å². The van der Waals surface area contributed by atoms with Crippen molar-refractivity contribution < 1.29 is 24.5 Å². The largest absolute Gasteiger partial charge is 0.475 e. The second kappa shape index (κ2) is 5.16. The minimum Gasteiger partial charge on any atom is -0.475 e. The predicted molar refractivity (Wildman–Crippen MR) is 52.0 cm³/mol. The van der Waals surface area contributed by atoms with Crippen molar-refractivity contribution in [2.75, 3.05) is 5.88 Å². The van der Waals surface area contributed by atoms with E-state index in [2.05, 4.69) is 0 Å². The second-order valence-electron chi connectivity index (χ2n) is 3.00. The third kappa shape index (κ3) is 2.95. The summed E-state index contributed by atoms with van der Waals surface area (Å²) in [5, 5.41) is 27.5. The van der Waals surface area contributed by atoms with Gasteiger partial charge < -0.3 is 19.7 Å². The Hall–Kier alpha value is -1.04. The number of carbonyl (C=O) groups is 1. The summed E-state index contributed by atoms with van der Waals surface area (Å²) in [5.41, 5.74) is 0. The molecule has 0 amide bonds. The lowest BCUT2D eigenvalue weighted by atomic mass is 10.1. The smallest absolute Gasteiger partial charge is 0.371 e. The van der Waals surface area contributed by atoms with Gasteiger partial charge in [0.2, 0.25) is 5.76 Å². The molecule has 1 rings (SSSR count). The summed E-state index contributed by atoms with van der Waals surface area (Å²) >= 11 is 5.39. The zero-order valence-electron chi connectivity index (χ0n) is 7.76. The number of alkyl halides is 1. The Morgan fingerprint density at radius 2 is 2.13 bits per heavy atom. The Bertz CT molecular complexity index is 335. The molecule has 3 N–H and O–H groups in total. The number of halogens is 1. The Balaban J connectivity index is 2.73. The van der Waals surface area contributed by atoms with Gasteiger partial charge in [-0.25, -0.2) is 4.79 Å². The van der Waals surface area contributed by atoms with Crippen molar-refractivity contribution >= 4 is 17.6 Å². The number of carboxylic acids is 1. The molecule has 1 aromatic heterocycles. The lowest BCUT2D eigenvalue weighted by molar-refractivity contribution is 0.00329. The van der Waals surface area contributed by atoms with E-state index in [1.54, 1.807) is 0 Å². The molecule has 5 nitrogen and oxygen atoms in total. The summed E-state index contributed by atoms with van der Waals surface area (Å²) in [6.07, 6.45) is -2.11. The first-order valence-corrected chi connectivity index (χ1v) is 4.85. The van der Waals surface area contributed by atoms with E-state index in [4.69, 9.17) is 21.1 Å². The summed E-state index contributed by atoms with van der Waals surface area (Å²) in [7, 11) is 0. The highest BCUT2D eigenvalue weighted by Crippen LogP contribution is 2.21. The molecule has 0 radical (unpaired) electrons. The van der Waals surface area contributed by atoms with Crippen LogP contribution in [0.5, 0.6) is 0 Å². The fourth-order valence-corrected chi connectivity index (χ4v) is 1.31. The Morgan fingerprint density at radius 3 is 2.60 bits per heavy atom. The highest BCUT2D eigenvalue weighted by Gasteiger charge is 2.22. The van der Waals surface area contributed by atoms with E-state index in [-0.39, 0.29) is 23.8 Å². The Kier molecular flexibility index (Phi) is 4.14. The van der Waals surface area contributed by atoms with Gasteiger partial charge in [0.15, 0.2) is 0 Å². The monoisotopic (exact) mass is 234 g/mol. The van der Waals surface area contributed by atoms with Crippen LogP contribution in [0.25, 0.3) is 0 Å². The van der Waals surface area contributed by atoms with E-state index >= 15 is 0 Å². The average molecular weight is 235 g/mol. The predicted octanol–water partition coefficient (Wildman–Crippen LogP) is 1.00. The number of aromatic carboxylic acids is 1. The molecule has 2 atom stereocenters. The molecule has 0 spiro atoms. The van der Waals surface area contributed by atoms with Crippen molar-refractivity contribution in [1.82, 2.24) is 0 Å². The number of carboxylic acid groups (broad SMARTS) is 1. The maximum atomic E-state index is 10.5. The second-order valence-corrected chi connectivity index (χ2v) is 3.37. The number of aliphatic hydroxyl groups excluding tert-OH is 2. The van der Waals surface area contributed by atoms with Gasteiger partial charge >= 0.3 is 5.97 Å². The first-order valence-electron chi connectivity index (χ1n) is 4.31. The fraction of sp³-hybridized carbons (Fsp3) is 0.444. The summed E-state index contributed by atoms with van der Waals surface area (Å²) in [5.74, 6) is -1.28. The topological polar surface area (TPSA) is 90.9 Å². The van der Waals surface area contributed by atoms with Crippen molar-refractivity contribution in [3.8, 4) is 0 Å². The van der Waals surface area contributed by atoms with Gasteiger partial charge in [0.1, 0.15) is 11.9 Å². The molecule has 0 saturated carbocycles. The first-order chi connectivity index (χ1) is 7.06. The molecule has 0 bridgehead atoms. The molecule has 0 fully saturated rings. The van der Waals surface area contributed by atoms with Crippen LogP contribution in [0.1, 0.15) is 28.8 Å². The molecule has 0 saturated heterocycles. The zero-order valence-corrected chi connectivity index (χ0v) is 8.52.